The number of hydrogen-bond acceptors (Lipinski definition) is 6. The number of rotatable bonds is 1. The summed E-state index contributed by atoms with van der Waals surface area (Å²) in [5.74, 6) is 0. The molecule has 2 aromatic carbocycles. The van der Waals surface area contributed by atoms with E-state index in [4.69, 9.17) is 0 Å². The van der Waals surface area contributed by atoms with Gasteiger partial charge in [-0.05, 0) is 12.1 Å². The van der Waals surface area contributed by atoms with Crippen LogP contribution in [0.2, 0.25) is 0 Å². The fourth-order valence-corrected chi connectivity index (χ4v) is 3.01. The quantitative estimate of drug-likeness (QED) is 0.427. The summed E-state index contributed by atoms with van der Waals surface area (Å²) in [4.78, 5) is 10.5. The van der Waals surface area contributed by atoms with E-state index < -0.39 is 4.92 Å². The number of oxime groups is 1. The Hall–Kier alpha value is -3.35. The van der Waals surface area contributed by atoms with Gasteiger partial charge < -0.3 is 15.8 Å². The molecule has 0 unspecified atom stereocenters. The Kier molecular flexibility index (Phi) is 2.80. The molecule has 3 N–H and O–H groups in total. The maximum absolute atomic E-state index is 10.9. The first-order valence-electron chi connectivity index (χ1n) is 7.03. The molecule has 4 rings (SSSR count). The number of para-hydroxylation sites is 1. The summed E-state index contributed by atoms with van der Waals surface area (Å²) in [5, 5.41) is 30.2. The highest BCUT2D eigenvalue weighted by molar-refractivity contribution is 6.25. The molecule has 0 fully saturated rings. The van der Waals surface area contributed by atoms with Gasteiger partial charge in [-0.25, -0.2) is 0 Å². The van der Waals surface area contributed by atoms with Crippen LogP contribution in [0.4, 0.5) is 17.1 Å². The Morgan fingerprint density at radius 1 is 1.13 bits per heavy atom. The Morgan fingerprint density at radius 2 is 1.96 bits per heavy atom. The van der Waals surface area contributed by atoms with E-state index in [1.54, 1.807) is 6.07 Å². The van der Waals surface area contributed by atoms with Crippen LogP contribution in [0.5, 0.6) is 0 Å². The number of nitro benzene ring substituents is 1. The number of nitro groups is 1. The van der Waals surface area contributed by atoms with Gasteiger partial charge in [0, 0.05) is 46.8 Å². The Labute approximate surface area is 131 Å². The molecule has 2 aliphatic rings. The maximum Gasteiger partial charge on any atom is 0.271 e. The number of non-ortho nitro benzene ring substituents is 1. The van der Waals surface area contributed by atoms with Crippen LogP contribution in [0, 0.1) is 10.1 Å². The molecule has 23 heavy (non-hydrogen) atoms. The highest BCUT2D eigenvalue weighted by Crippen LogP contribution is 2.39. The van der Waals surface area contributed by atoms with Crippen molar-refractivity contribution in [1.82, 2.24) is 0 Å². The second kappa shape index (κ2) is 4.84. The monoisotopic (exact) mass is 308 g/mol. The molecule has 0 amide bonds. The molecule has 0 spiro atoms. The van der Waals surface area contributed by atoms with Gasteiger partial charge in [-0.3, -0.25) is 10.1 Å². The summed E-state index contributed by atoms with van der Waals surface area (Å²) in [6.07, 6.45) is 0. The van der Waals surface area contributed by atoms with E-state index >= 15 is 0 Å². The van der Waals surface area contributed by atoms with Crippen LogP contribution < -0.4 is 10.6 Å². The van der Waals surface area contributed by atoms with E-state index in [1.165, 1.54) is 12.1 Å². The van der Waals surface area contributed by atoms with Crippen molar-refractivity contribution in [3.05, 3.63) is 69.4 Å². The molecule has 0 aliphatic carbocycles. The minimum Gasteiger partial charge on any atom is -0.410 e. The highest BCUT2D eigenvalue weighted by atomic mass is 16.6. The zero-order valence-corrected chi connectivity index (χ0v) is 11.9. The van der Waals surface area contributed by atoms with Gasteiger partial charge in [0.2, 0.25) is 0 Å². The molecular weight excluding hydrogens is 296 g/mol. The van der Waals surface area contributed by atoms with Crippen LogP contribution in [0.3, 0.4) is 0 Å². The van der Waals surface area contributed by atoms with Crippen LogP contribution in [0.1, 0.15) is 11.1 Å². The summed E-state index contributed by atoms with van der Waals surface area (Å²) in [6, 6.07) is 12.3. The lowest BCUT2D eigenvalue weighted by Gasteiger charge is -2.06. The first-order chi connectivity index (χ1) is 11.2. The molecule has 0 bridgehead atoms. The van der Waals surface area contributed by atoms with Crippen molar-refractivity contribution in [3.63, 3.8) is 0 Å². The number of hydrogen-bond donors (Lipinski definition) is 3. The fraction of sp³-hybridized carbons (Fsp3) is 0.0625. The maximum atomic E-state index is 10.9. The van der Waals surface area contributed by atoms with Crippen LogP contribution >= 0.6 is 0 Å². The molecule has 0 saturated carbocycles. The van der Waals surface area contributed by atoms with Crippen LogP contribution in [-0.2, 0) is 0 Å². The van der Waals surface area contributed by atoms with E-state index in [9.17, 15) is 15.3 Å². The van der Waals surface area contributed by atoms with Crippen LogP contribution in [0.25, 0.3) is 5.57 Å². The summed E-state index contributed by atoms with van der Waals surface area (Å²) in [6.45, 7) is 0.506. The molecule has 0 saturated heterocycles. The number of nitrogens with one attached hydrogen (secondary N) is 2. The molecular formula is C16H12N4O3. The molecule has 0 atom stereocenters. The first kappa shape index (κ1) is 13.3. The third-order valence-corrected chi connectivity index (χ3v) is 4.08. The van der Waals surface area contributed by atoms with Gasteiger partial charge >= 0.3 is 0 Å². The Balaban J connectivity index is 1.85. The Bertz CT molecular complexity index is 902. The van der Waals surface area contributed by atoms with Crippen molar-refractivity contribution in [3.8, 4) is 0 Å². The van der Waals surface area contributed by atoms with Crippen molar-refractivity contribution in [1.29, 1.82) is 0 Å². The van der Waals surface area contributed by atoms with E-state index in [1.807, 2.05) is 24.3 Å². The molecule has 114 valence electrons. The van der Waals surface area contributed by atoms with E-state index in [-0.39, 0.29) is 5.69 Å². The number of allylic oxidation sites excluding steroid dienone is 1. The van der Waals surface area contributed by atoms with Gasteiger partial charge in [0.05, 0.1) is 10.6 Å². The normalized spacial score (nSPS) is 19.9. The van der Waals surface area contributed by atoms with Gasteiger partial charge in [-0.15, -0.1) is 0 Å². The summed E-state index contributed by atoms with van der Waals surface area (Å²) < 4.78 is 0. The average molecular weight is 308 g/mol. The number of anilines is 2. The number of fused-ring (bicyclic) bond motifs is 2. The number of benzene rings is 2. The summed E-state index contributed by atoms with van der Waals surface area (Å²) in [5.41, 5.74) is 5.42. The standard InChI is InChI=1S/C16H12N4O3/c21-19-16-11-3-1-2-4-13(11)18-15(16)12-8-17-14-7-9(20(22)23)5-6-10(12)14/h1-7,17-18,21H,8H2/b15-12+,19-16+. The van der Waals surface area contributed by atoms with Crippen molar-refractivity contribution in [2.75, 3.05) is 17.2 Å². The van der Waals surface area contributed by atoms with E-state index in [0.29, 0.717) is 23.6 Å². The van der Waals surface area contributed by atoms with Gasteiger partial charge in [0.25, 0.3) is 5.69 Å². The molecule has 0 aromatic heterocycles. The lowest BCUT2D eigenvalue weighted by Crippen LogP contribution is -2.07. The second-order valence-electron chi connectivity index (χ2n) is 5.31. The van der Waals surface area contributed by atoms with Crippen molar-refractivity contribution in [2.24, 2.45) is 5.16 Å². The summed E-state index contributed by atoms with van der Waals surface area (Å²) in [7, 11) is 0. The second-order valence-corrected chi connectivity index (χ2v) is 5.31. The lowest BCUT2D eigenvalue weighted by atomic mass is 10.0. The molecule has 2 aromatic rings. The molecule has 7 nitrogen and oxygen atoms in total. The molecule has 2 heterocycles. The van der Waals surface area contributed by atoms with Gasteiger partial charge in [-0.2, -0.15) is 0 Å². The van der Waals surface area contributed by atoms with Crippen molar-refractivity contribution < 1.29 is 10.1 Å². The van der Waals surface area contributed by atoms with E-state index in [0.717, 1.165) is 22.4 Å². The predicted molar refractivity (Wildman–Crippen MR) is 86.9 cm³/mol. The smallest absolute Gasteiger partial charge is 0.271 e. The third kappa shape index (κ3) is 1.94. The number of nitrogens with zero attached hydrogens (tertiary/aromatic N) is 2. The Morgan fingerprint density at radius 3 is 2.74 bits per heavy atom. The zero-order valence-electron chi connectivity index (χ0n) is 11.9. The molecule has 0 radical (unpaired) electrons. The van der Waals surface area contributed by atoms with Gasteiger partial charge in [0.1, 0.15) is 5.71 Å². The predicted octanol–water partition coefficient (Wildman–Crippen LogP) is 3.04. The van der Waals surface area contributed by atoms with Crippen molar-refractivity contribution in [2.45, 2.75) is 0 Å². The lowest BCUT2D eigenvalue weighted by molar-refractivity contribution is -0.384. The summed E-state index contributed by atoms with van der Waals surface area (Å²) >= 11 is 0. The zero-order chi connectivity index (χ0) is 16.0. The van der Waals surface area contributed by atoms with Crippen molar-refractivity contribution >= 4 is 28.3 Å². The highest BCUT2D eigenvalue weighted by Gasteiger charge is 2.30. The van der Waals surface area contributed by atoms with Crippen LogP contribution in [0.15, 0.2) is 53.3 Å². The van der Waals surface area contributed by atoms with Gasteiger partial charge in [0.15, 0.2) is 0 Å². The largest absolute Gasteiger partial charge is 0.410 e. The van der Waals surface area contributed by atoms with E-state index in [2.05, 4.69) is 15.8 Å². The average Bonchev–Trinajstić information content (AvgIpc) is 3.14. The third-order valence-electron chi connectivity index (χ3n) is 4.08. The molecule has 2 aliphatic heterocycles. The van der Waals surface area contributed by atoms with Gasteiger partial charge in [-0.1, -0.05) is 23.4 Å². The SMILES string of the molecule is O=[N+]([O-])c1ccc2c(c1)NC/C2=C1\Nc2ccccc2\C1=N/O. The molecule has 7 heteroatoms. The fourth-order valence-electron chi connectivity index (χ4n) is 3.01. The van der Waals surface area contributed by atoms with Crippen LogP contribution in [-0.4, -0.2) is 22.4 Å². The topological polar surface area (TPSA) is 99.8 Å². The minimum atomic E-state index is -0.419. The minimum absolute atomic E-state index is 0.0428. The first-order valence-corrected chi connectivity index (χ1v) is 7.03.